The summed E-state index contributed by atoms with van der Waals surface area (Å²) in [7, 11) is 0. The van der Waals surface area contributed by atoms with Gasteiger partial charge in [-0.15, -0.1) is 0 Å². The molecule has 3 aromatic rings. The maximum Gasteiger partial charge on any atom is 0.239 e. The first-order chi connectivity index (χ1) is 16.2. The maximum atomic E-state index is 12.8. The van der Waals surface area contributed by atoms with Crippen molar-refractivity contribution in [3.8, 4) is 0 Å². The Kier molecular flexibility index (Phi) is 8.44. The van der Waals surface area contributed by atoms with E-state index in [1.54, 1.807) is 0 Å². The third-order valence-corrected chi connectivity index (χ3v) is 6.78. The zero-order valence-corrected chi connectivity index (χ0v) is 20.2. The van der Waals surface area contributed by atoms with Crippen LogP contribution in [0.1, 0.15) is 41.8 Å². The first kappa shape index (κ1) is 23.4. The number of carbonyl (C=O) groups excluding carboxylic acids is 1. The fraction of sp³-hybridized carbons (Fsp3) is 0.423. The molecule has 2 heterocycles. The standard InChI is InChI=1S/C26H33N5OS/c1-21-10-12-22(13-11-21)18-24-28-26(33-29-24)31(19-23-8-4-2-5-9-23)20-25(32)27-14-17-30-15-6-3-7-16-30/h2,4-5,8-13H,3,6-7,14-20H2,1H3,(H,27,32). The second kappa shape index (κ2) is 11.9. The van der Waals surface area contributed by atoms with Gasteiger partial charge in [0.05, 0.1) is 6.54 Å². The molecule has 0 unspecified atom stereocenters. The first-order valence-corrected chi connectivity index (χ1v) is 12.6. The lowest BCUT2D eigenvalue weighted by Crippen LogP contribution is -2.41. The average Bonchev–Trinajstić information content (AvgIpc) is 3.30. The van der Waals surface area contributed by atoms with Crippen LogP contribution in [0.2, 0.25) is 0 Å². The zero-order valence-electron chi connectivity index (χ0n) is 19.4. The van der Waals surface area contributed by atoms with Crippen LogP contribution in [0.4, 0.5) is 5.13 Å². The van der Waals surface area contributed by atoms with Crippen LogP contribution in [-0.2, 0) is 17.8 Å². The zero-order chi connectivity index (χ0) is 22.9. The summed E-state index contributed by atoms with van der Waals surface area (Å²) in [5.74, 6) is 0.820. The molecule has 2 aromatic carbocycles. The van der Waals surface area contributed by atoms with E-state index < -0.39 is 0 Å². The number of carbonyl (C=O) groups is 1. The largest absolute Gasteiger partial charge is 0.353 e. The fourth-order valence-corrected chi connectivity index (χ4v) is 4.78. The molecule has 6 nitrogen and oxygen atoms in total. The molecule has 1 fully saturated rings. The van der Waals surface area contributed by atoms with Gasteiger partial charge in [-0.1, -0.05) is 66.6 Å². The number of hydrogen-bond donors (Lipinski definition) is 1. The van der Waals surface area contributed by atoms with Crippen molar-refractivity contribution >= 4 is 22.6 Å². The molecule has 7 heteroatoms. The van der Waals surface area contributed by atoms with Crippen molar-refractivity contribution in [2.24, 2.45) is 0 Å². The van der Waals surface area contributed by atoms with Gasteiger partial charge in [-0.05, 0) is 44.0 Å². The molecule has 1 aromatic heterocycles. The lowest BCUT2D eigenvalue weighted by molar-refractivity contribution is -0.119. The summed E-state index contributed by atoms with van der Waals surface area (Å²) >= 11 is 1.36. The summed E-state index contributed by atoms with van der Waals surface area (Å²) < 4.78 is 4.58. The number of hydrogen-bond acceptors (Lipinski definition) is 6. The van der Waals surface area contributed by atoms with Gasteiger partial charge in [0.1, 0.15) is 5.82 Å². The molecule has 0 bridgehead atoms. The van der Waals surface area contributed by atoms with E-state index in [9.17, 15) is 4.79 Å². The van der Waals surface area contributed by atoms with E-state index >= 15 is 0 Å². The highest BCUT2D eigenvalue weighted by atomic mass is 32.1. The second-order valence-electron chi connectivity index (χ2n) is 8.75. The number of benzene rings is 2. The molecule has 0 atom stereocenters. The van der Waals surface area contributed by atoms with Crippen LogP contribution < -0.4 is 10.2 Å². The Morgan fingerprint density at radius 3 is 2.55 bits per heavy atom. The van der Waals surface area contributed by atoms with Crippen LogP contribution in [0.3, 0.4) is 0 Å². The van der Waals surface area contributed by atoms with Gasteiger partial charge < -0.3 is 15.1 Å². The Bertz CT molecular complexity index is 999. The van der Waals surface area contributed by atoms with E-state index in [-0.39, 0.29) is 12.5 Å². The molecule has 174 valence electrons. The SMILES string of the molecule is Cc1ccc(Cc2nsc(N(CC(=O)NCCN3CCCCC3)Cc3ccccc3)n2)cc1. The molecule has 1 aliphatic heterocycles. The van der Waals surface area contributed by atoms with Gasteiger partial charge in [-0.25, -0.2) is 4.98 Å². The normalized spacial score (nSPS) is 14.2. The highest BCUT2D eigenvalue weighted by molar-refractivity contribution is 7.09. The van der Waals surface area contributed by atoms with Crippen LogP contribution in [-0.4, -0.2) is 52.9 Å². The number of aromatic nitrogens is 2. The third kappa shape index (κ3) is 7.37. The van der Waals surface area contributed by atoms with Crippen molar-refractivity contribution in [2.75, 3.05) is 37.6 Å². The van der Waals surface area contributed by atoms with E-state index in [2.05, 4.69) is 57.9 Å². The van der Waals surface area contributed by atoms with Crippen LogP contribution in [0, 0.1) is 6.92 Å². The smallest absolute Gasteiger partial charge is 0.239 e. The lowest BCUT2D eigenvalue weighted by atomic mass is 10.1. The number of aryl methyl sites for hydroxylation is 1. The van der Waals surface area contributed by atoms with Crippen LogP contribution in [0.25, 0.3) is 0 Å². The molecule has 33 heavy (non-hydrogen) atoms. The second-order valence-corrected chi connectivity index (χ2v) is 9.48. The third-order valence-electron chi connectivity index (χ3n) is 5.96. The Morgan fingerprint density at radius 2 is 1.79 bits per heavy atom. The minimum absolute atomic E-state index is 0.0261. The first-order valence-electron chi connectivity index (χ1n) is 11.8. The topological polar surface area (TPSA) is 61.4 Å². The lowest BCUT2D eigenvalue weighted by Gasteiger charge is -2.26. The minimum Gasteiger partial charge on any atom is -0.353 e. The number of amides is 1. The Morgan fingerprint density at radius 1 is 1.03 bits per heavy atom. The maximum absolute atomic E-state index is 12.8. The number of rotatable bonds is 10. The predicted octanol–water partition coefficient (Wildman–Crippen LogP) is 4.05. The molecule has 0 spiro atoms. The summed E-state index contributed by atoms with van der Waals surface area (Å²) in [4.78, 5) is 22.0. The van der Waals surface area contributed by atoms with E-state index in [0.29, 0.717) is 19.5 Å². The average molecular weight is 464 g/mol. The van der Waals surface area contributed by atoms with Crippen molar-refractivity contribution in [3.05, 3.63) is 77.1 Å². The van der Waals surface area contributed by atoms with Crippen molar-refractivity contribution in [3.63, 3.8) is 0 Å². The summed E-state index contributed by atoms with van der Waals surface area (Å²) in [6, 6.07) is 18.7. The van der Waals surface area contributed by atoms with Crippen LogP contribution >= 0.6 is 11.5 Å². The molecular formula is C26H33N5OS. The number of nitrogens with one attached hydrogen (secondary N) is 1. The molecule has 0 aliphatic carbocycles. The number of nitrogens with zero attached hydrogens (tertiary/aromatic N) is 4. The van der Waals surface area contributed by atoms with E-state index in [1.165, 1.54) is 41.9 Å². The van der Waals surface area contributed by atoms with Crippen molar-refractivity contribution in [1.82, 2.24) is 19.6 Å². The Labute approximate surface area is 200 Å². The summed E-state index contributed by atoms with van der Waals surface area (Å²) in [6.45, 7) is 6.88. The van der Waals surface area contributed by atoms with E-state index in [0.717, 1.165) is 36.2 Å². The van der Waals surface area contributed by atoms with Gasteiger partial charge in [-0.3, -0.25) is 4.79 Å². The Hall–Kier alpha value is -2.77. The summed E-state index contributed by atoms with van der Waals surface area (Å²) in [6.07, 6.45) is 4.55. The quantitative estimate of drug-likeness (QED) is 0.492. The molecule has 4 rings (SSSR count). The summed E-state index contributed by atoms with van der Waals surface area (Å²) in [5.41, 5.74) is 3.58. The van der Waals surface area contributed by atoms with E-state index in [1.807, 2.05) is 23.1 Å². The van der Waals surface area contributed by atoms with Gasteiger partial charge in [0.2, 0.25) is 11.0 Å². The van der Waals surface area contributed by atoms with Crippen molar-refractivity contribution in [2.45, 2.75) is 39.2 Å². The van der Waals surface area contributed by atoms with E-state index in [4.69, 9.17) is 4.98 Å². The van der Waals surface area contributed by atoms with Crippen molar-refractivity contribution < 1.29 is 4.79 Å². The highest BCUT2D eigenvalue weighted by Crippen LogP contribution is 2.21. The minimum atomic E-state index is 0.0261. The molecule has 1 N–H and O–H groups in total. The van der Waals surface area contributed by atoms with Gasteiger partial charge in [-0.2, -0.15) is 4.37 Å². The number of piperidine rings is 1. The molecule has 0 saturated carbocycles. The van der Waals surface area contributed by atoms with Gasteiger partial charge in [0.25, 0.3) is 0 Å². The van der Waals surface area contributed by atoms with Gasteiger partial charge in [0, 0.05) is 37.6 Å². The molecule has 1 aliphatic rings. The van der Waals surface area contributed by atoms with Crippen LogP contribution in [0.5, 0.6) is 0 Å². The van der Waals surface area contributed by atoms with Crippen LogP contribution in [0.15, 0.2) is 54.6 Å². The van der Waals surface area contributed by atoms with Crippen molar-refractivity contribution in [1.29, 1.82) is 0 Å². The molecule has 1 amide bonds. The predicted molar refractivity (Wildman–Crippen MR) is 135 cm³/mol. The van der Waals surface area contributed by atoms with Gasteiger partial charge in [0.15, 0.2) is 0 Å². The highest BCUT2D eigenvalue weighted by Gasteiger charge is 2.17. The number of anilines is 1. The van der Waals surface area contributed by atoms with Gasteiger partial charge >= 0.3 is 0 Å². The molecular weight excluding hydrogens is 430 g/mol. The summed E-state index contributed by atoms with van der Waals surface area (Å²) in [5, 5.41) is 3.89. The fourth-order valence-electron chi connectivity index (χ4n) is 4.09. The Balaban J connectivity index is 1.38. The molecule has 1 saturated heterocycles. The molecule has 0 radical (unpaired) electrons. The monoisotopic (exact) mass is 463 g/mol. The number of likely N-dealkylation sites (tertiary alicyclic amines) is 1.